The fraction of sp³-hybridized carbons (Fsp3) is 0.421. The Morgan fingerprint density at radius 2 is 1.92 bits per heavy atom. The first kappa shape index (κ1) is 17.0. The van der Waals surface area contributed by atoms with E-state index in [0.29, 0.717) is 16.8 Å². The molecule has 1 fully saturated rings. The topological polar surface area (TPSA) is 46.1 Å². The number of amides is 1. The molecule has 0 aliphatic carbocycles. The summed E-state index contributed by atoms with van der Waals surface area (Å²) in [5, 5.41) is 0.664. The monoisotopic (exact) mass is 341 g/mol. The van der Waals surface area contributed by atoms with Gasteiger partial charge >= 0.3 is 0 Å². The van der Waals surface area contributed by atoms with Crippen molar-refractivity contribution in [3.8, 4) is 0 Å². The van der Waals surface area contributed by atoms with Crippen molar-refractivity contribution >= 4 is 17.7 Å². The fourth-order valence-corrected chi connectivity index (χ4v) is 3.62. The molecule has 0 unspecified atom stereocenters. The first-order valence-corrected chi connectivity index (χ1v) is 9.61. The third-order valence-corrected chi connectivity index (χ3v) is 5.05. The Kier molecular flexibility index (Phi) is 5.51. The van der Waals surface area contributed by atoms with E-state index < -0.39 is 0 Å². The zero-order valence-corrected chi connectivity index (χ0v) is 15.1. The van der Waals surface area contributed by atoms with Crippen molar-refractivity contribution in [2.45, 2.75) is 31.3 Å². The molecule has 1 aromatic heterocycles. The van der Waals surface area contributed by atoms with Gasteiger partial charge < -0.3 is 4.90 Å². The summed E-state index contributed by atoms with van der Waals surface area (Å²) in [5.41, 5.74) is 2.75. The Bertz CT molecular complexity index is 697. The Balaban J connectivity index is 1.60. The van der Waals surface area contributed by atoms with Crippen molar-refractivity contribution in [3.05, 3.63) is 53.3 Å². The highest BCUT2D eigenvalue weighted by molar-refractivity contribution is 7.98. The molecule has 1 aromatic carbocycles. The van der Waals surface area contributed by atoms with E-state index in [0.717, 1.165) is 38.0 Å². The maximum absolute atomic E-state index is 12.7. The minimum absolute atomic E-state index is 0.0361. The third-order valence-electron chi connectivity index (χ3n) is 4.50. The zero-order valence-electron chi connectivity index (χ0n) is 14.2. The fourth-order valence-electron chi connectivity index (χ4n) is 3.19. The predicted molar refractivity (Wildman–Crippen MR) is 97.3 cm³/mol. The molecule has 1 saturated heterocycles. The second kappa shape index (κ2) is 7.79. The lowest BCUT2D eigenvalue weighted by Crippen LogP contribution is -2.39. The van der Waals surface area contributed by atoms with E-state index in [1.54, 1.807) is 6.07 Å². The van der Waals surface area contributed by atoms with Crippen LogP contribution in [0.4, 0.5) is 0 Å². The van der Waals surface area contributed by atoms with E-state index in [4.69, 9.17) is 0 Å². The van der Waals surface area contributed by atoms with Crippen LogP contribution in [0.3, 0.4) is 0 Å². The quantitative estimate of drug-likeness (QED) is 0.630. The van der Waals surface area contributed by atoms with Gasteiger partial charge in [-0.2, -0.15) is 0 Å². The standard InChI is InChI=1S/C19H23N3OS/c1-14-12-17(21-19(20-14)24-2)18(23)22-10-8-16(9-11-22)13-15-6-4-3-5-7-15/h3-7,12,16H,8-11,13H2,1-2H3. The van der Waals surface area contributed by atoms with Crippen molar-refractivity contribution < 1.29 is 4.79 Å². The molecule has 0 radical (unpaired) electrons. The predicted octanol–water partition coefficient (Wildman–Crippen LogP) is 3.60. The summed E-state index contributed by atoms with van der Waals surface area (Å²) in [7, 11) is 0. The molecule has 2 heterocycles. The molecule has 1 amide bonds. The lowest BCUT2D eigenvalue weighted by atomic mass is 9.90. The summed E-state index contributed by atoms with van der Waals surface area (Å²) in [5.74, 6) is 0.694. The van der Waals surface area contributed by atoms with E-state index >= 15 is 0 Å². The van der Waals surface area contributed by atoms with Gasteiger partial charge in [-0.1, -0.05) is 42.1 Å². The number of hydrogen-bond donors (Lipinski definition) is 0. The van der Waals surface area contributed by atoms with Gasteiger partial charge in [0.05, 0.1) is 0 Å². The van der Waals surface area contributed by atoms with E-state index in [2.05, 4.69) is 40.3 Å². The molecule has 3 rings (SSSR count). The zero-order chi connectivity index (χ0) is 16.9. The number of piperidine rings is 1. The first-order valence-electron chi connectivity index (χ1n) is 8.38. The van der Waals surface area contributed by atoms with Gasteiger partial charge in [-0.3, -0.25) is 4.79 Å². The maximum Gasteiger partial charge on any atom is 0.272 e. The molecule has 0 bridgehead atoms. The highest BCUT2D eigenvalue weighted by Gasteiger charge is 2.25. The van der Waals surface area contributed by atoms with Crippen LogP contribution in [-0.4, -0.2) is 40.1 Å². The molecule has 1 aliphatic rings. The first-order chi connectivity index (χ1) is 11.7. The minimum Gasteiger partial charge on any atom is -0.337 e. The van der Waals surface area contributed by atoms with Crippen molar-refractivity contribution in [1.29, 1.82) is 0 Å². The van der Waals surface area contributed by atoms with Crippen LogP contribution in [0.2, 0.25) is 0 Å². The molecule has 1 aliphatic heterocycles. The summed E-state index contributed by atoms with van der Waals surface area (Å²) in [6.07, 6.45) is 5.14. The van der Waals surface area contributed by atoms with Gasteiger partial charge in [-0.15, -0.1) is 0 Å². The molecule has 126 valence electrons. The molecule has 4 nitrogen and oxygen atoms in total. The number of hydrogen-bond acceptors (Lipinski definition) is 4. The van der Waals surface area contributed by atoms with Crippen molar-refractivity contribution in [3.63, 3.8) is 0 Å². The minimum atomic E-state index is 0.0361. The van der Waals surface area contributed by atoms with Crippen LogP contribution in [0.1, 0.15) is 34.6 Å². The van der Waals surface area contributed by atoms with E-state index in [1.165, 1.54) is 17.3 Å². The van der Waals surface area contributed by atoms with Crippen LogP contribution in [0.25, 0.3) is 0 Å². The average Bonchev–Trinajstić information content (AvgIpc) is 2.62. The van der Waals surface area contributed by atoms with Gasteiger partial charge in [-0.05, 0) is 50.0 Å². The summed E-state index contributed by atoms with van der Waals surface area (Å²) in [4.78, 5) is 23.3. The van der Waals surface area contributed by atoms with Gasteiger partial charge in [0.1, 0.15) is 5.69 Å². The van der Waals surface area contributed by atoms with Crippen LogP contribution in [0.15, 0.2) is 41.6 Å². The smallest absolute Gasteiger partial charge is 0.272 e. The molecule has 24 heavy (non-hydrogen) atoms. The number of carbonyl (C=O) groups excluding carboxylic acids is 1. The number of aryl methyl sites for hydroxylation is 1. The molecule has 0 N–H and O–H groups in total. The number of rotatable bonds is 4. The molecule has 0 atom stereocenters. The van der Waals surface area contributed by atoms with Crippen LogP contribution in [0, 0.1) is 12.8 Å². The van der Waals surface area contributed by atoms with E-state index in [1.807, 2.05) is 18.1 Å². The summed E-state index contributed by atoms with van der Waals surface area (Å²) in [6, 6.07) is 12.4. The second-order valence-corrected chi connectivity index (χ2v) is 7.08. The number of thioether (sulfide) groups is 1. The van der Waals surface area contributed by atoms with Crippen LogP contribution >= 0.6 is 11.8 Å². The number of aromatic nitrogens is 2. The average molecular weight is 341 g/mol. The Labute approximate surface area is 147 Å². The highest BCUT2D eigenvalue weighted by atomic mass is 32.2. The highest BCUT2D eigenvalue weighted by Crippen LogP contribution is 2.23. The van der Waals surface area contributed by atoms with Crippen molar-refractivity contribution in [2.75, 3.05) is 19.3 Å². The van der Waals surface area contributed by atoms with E-state index in [9.17, 15) is 4.79 Å². The maximum atomic E-state index is 12.7. The van der Waals surface area contributed by atoms with Crippen molar-refractivity contribution in [2.24, 2.45) is 5.92 Å². The Hall–Kier alpha value is -1.88. The number of carbonyl (C=O) groups is 1. The van der Waals surface area contributed by atoms with Crippen molar-refractivity contribution in [1.82, 2.24) is 14.9 Å². The van der Waals surface area contributed by atoms with Gasteiger partial charge in [-0.25, -0.2) is 9.97 Å². The largest absolute Gasteiger partial charge is 0.337 e. The second-order valence-electron chi connectivity index (χ2n) is 6.31. The van der Waals surface area contributed by atoms with Crippen LogP contribution < -0.4 is 0 Å². The molecular weight excluding hydrogens is 318 g/mol. The molecule has 2 aromatic rings. The Morgan fingerprint density at radius 1 is 1.21 bits per heavy atom. The Morgan fingerprint density at radius 3 is 2.58 bits per heavy atom. The summed E-state index contributed by atoms with van der Waals surface area (Å²) in [6.45, 7) is 3.53. The SMILES string of the molecule is CSc1nc(C)cc(C(=O)N2CCC(Cc3ccccc3)CC2)n1. The molecule has 5 heteroatoms. The van der Waals surface area contributed by atoms with Gasteiger partial charge in [0.15, 0.2) is 5.16 Å². The molecular formula is C19H23N3OS. The van der Waals surface area contributed by atoms with E-state index in [-0.39, 0.29) is 5.91 Å². The number of benzene rings is 1. The third kappa shape index (κ3) is 4.15. The normalized spacial score (nSPS) is 15.5. The lowest BCUT2D eigenvalue weighted by molar-refractivity contribution is 0.0683. The number of nitrogens with zero attached hydrogens (tertiary/aromatic N) is 3. The summed E-state index contributed by atoms with van der Waals surface area (Å²) >= 11 is 1.47. The number of likely N-dealkylation sites (tertiary alicyclic amines) is 1. The van der Waals surface area contributed by atoms with Crippen LogP contribution in [-0.2, 0) is 6.42 Å². The van der Waals surface area contributed by atoms with Crippen LogP contribution in [0.5, 0.6) is 0 Å². The van der Waals surface area contributed by atoms with Gasteiger partial charge in [0.25, 0.3) is 5.91 Å². The summed E-state index contributed by atoms with van der Waals surface area (Å²) < 4.78 is 0. The van der Waals surface area contributed by atoms with Gasteiger partial charge in [0.2, 0.25) is 0 Å². The van der Waals surface area contributed by atoms with Gasteiger partial charge in [0, 0.05) is 18.8 Å². The molecule has 0 spiro atoms. The molecule has 0 saturated carbocycles. The lowest BCUT2D eigenvalue weighted by Gasteiger charge is -2.32.